The highest BCUT2D eigenvalue weighted by Gasteiger charge is 2.49. The molecule has 0 unspecified atom stereocenters. The fourth-order valence-corrected chi connectivity index (χ4v) is 3.99. The second kappa shape index (κ2) is 5.72. The molecule has 2 fully saturated rings. The first-order valence-electron chi connectivity index (χ1n) is 7.62. The average molecular weight is 282 g/mol. The van der Waals surface area contributed by atoms with Crippen molar-refractivity contribution in [1.82, 2.24) is 9.80 Å². The lowest BCUT2D eigenvalue weighted by molar-refractivity contribution is -0.149. The highest BCUT2D eigenvalue weighted by molar-refractivity contribution is 5.74. The normalized spacial score (nSPS) is 29.1. The molecule has 2 heterocycles. The zero-order chi connectivity index (χ0) is 14.9. The van der Waals surface area contributed by atoms with Crippen LogP contribution in [-0.2, 0) is 9.59 Å². The van der Waals surface area contributed by atoms with E-state index in [2.05, 4.69) is 4.90 Å². The Balaban J connectivity index is 2.24. The van der Waals surface area contributed by atoms with Crippen molar-refractivity contribution in [1.29, 1.82) is 0 Å². The summed E-state index contributed by atoms with van der Waals surface area (Å²) in [5.41, 5.74) is -0.114. The summed E-state index contributed by atoms with van der Waals surface area (Å²) in [4.78, 5) is 27.4. The van der Waals surface area contributed by atoms with Crippen LogP contribution < -0.4 is 0 Å². The fourth-order valence-electron chi connectivity index (χ4n) is 3.99. The summed E-state index contributed by atoms with van der Waals surface area (Å²) >= 11 is 0. The van der Waals surface area contributed by atoms with Crippen molar-refractivity contribution < 1.29 is 14.7 Å². The van der Waals surface area contributed by atoms with Crippen molar-refractivity contribution >= 4 is 11.9 Å². The zero-order valence-corrected chi connectivity index (χ0v) is 12.8. The quantitative estimate of drug-likeness (QED) is 0.853. The Morgan fingerprint density at radius 3 is 2.25 bits per heavy atom. The molecule has 0 radical (unpaired) electrons. The van der Waals surface area contributed by atoms with Crippen LogP contribution in [0, 0.1) is 5.92 Å². The third-order valence-electron chi connectivity index (χ3n) is 4.87. The molecule has 0 aromatic heterocycles. The second-order valence-corrected chi connectivity index (χ2v) is 6.59. The maximum atomic E-state index is 11.7. The first kappa shape index (κ1) is 15.3. The van der Waals surface area contributed by atoms with Crippen molar-refractivity contribution in [3.05, 3.63) is 0 Å². The number of nitrogens with zero attached hydrogens (tertiary/aromatic N) is 2. The van der Waals surface area contributed by atoms with E-state index in [1.54, 1.807) is 6.92 Å². The Morgan fingerprint density at radius 1 is 1.15 bits per heavy atom. The number of amides is 1. The number of carbonyl (C=O) groups excluding carboxylic acids is 1. The van der Waals surface area contributed by atoms with E-state index in [0.29, 0.717) is 6.54 Å². The largest absolute Gasteiger partial charge is 0.480 e. The van der Waals surface area contributed by atoms with Crippen LogP contribution in [0.4, 0.5) is 0 Å². The molecule has 1 spiro atoms. The number of carboxylic acid groups (broad SMARTS) is 1. The van der Waals surface area contributed by atoms with Crippen LogP contribution in [-0.4, -0.2) is 58.0 Å². The van der Waals surface area contributed by atoms with Gasteiger partial charge in [0, 0.05) is 25.6 Å². The molecule has 0 aromatic carbocycles. The van der Waals surface area contributed by atoms with E-state index < -0.39 is 12.0 Å². The summed E-state index contributed by atoms with van der Waals surface area (Å²) in [6.07, 6.45) is 4.02. The van der Waals surface area contributed by atoms with E-state index in [1.165, 1.54) is 0 Å². The maximum Gasteiger partial charge on any atom is 0.321 e. The third-order valence-corrected chi connectivity index (χ3v) is 4.87. The number of likely N-dealkylation sites (tertiary alicyclic amines) is 2. The van der Waals surface area contributed by atoms with Crippen LogP contribution in [0.25, 0.3) is 0 Å². The van der Waals surface area contributed by atoms with Gasteiger partial charge in [-0.1, -0.05) is 13.8 Å². The number of hydrogen-bond donors (Lipinski definition) is 1. The lowest BCUT2D eigenvalue weighted by Crippen LogP contribution is -2.61. The lowest BCUT2D eigenvalue weighted by atomic mass is 9.84. The van der Waals surface area contributed by atoms with Crippen LogP contribution in [0.1, 0.15) is 46.5 Å². The van der Waals surface area contributed by atoms with Crippen molar-refractivity contribution in [2.24, 2.45) is 5.92 Å². The van der Waals surface area contributed by atoms with Crippen molar-refractivity contribution in [2.75, 3.05) is 19.6 Å². The van der Waals surface area contributed by atoms with Gasteiger partial charge < -0.3 is 10.0 Å². The number of rotatable bonds is 3. The van der Waals surface area contributed by atoms with Gasteiger partial charge in [-0.05, 0) is 38.1 Å². The van der Waals surface area contributed by atoms with Crippen LogP contribution in [0.2, 0.25) is 0 Å². The molecule has 1 amide bonds. The smallest absolute Gasteiger partial charge is 0.321 e. The molecule has 2 atom stereocenters. The van der Waals surface area contributed by atoms with Crippen LogP contribution in [0.3, 0.4) is 0 Å². The molecule has 2 saturated heterocycles. The van der Waals surface area contributed by atoms with Gasteiger partial charge in [0.1, 0.15) is 6.04 Å². The zero-order valence-electron chi connectivity index (χ0n) is 12.8. The number of carboxylic acids is 1. The lowest BCUT2D eigenvalue weighted by Gasteiger charge is -2.48. The van der Waals surface area contributed by atoms with Crippen LogP contribution in [0.15, 0.2) is 0 Å². The van der Waals surface area contributed by atoms with E-state index in [4.69, 9.17) is 0 Å². The number of hydrogen-bond acceptors (Lipinski definition) is 3. The summed E-state index contributed by atoms with van der Waals surface area (Å²) in [5.74, 6) is -0.552. The Hall–Kier alpha value is -1.10. The molecule has 114 valence electrons. The van der Waals surface area contributed by atoms with E-state index in [1.807, 2.05) is 18.7 Å². The second-order valence-electron chi connectivity index (χ2n) is 6.59. The summed E-state index contributed by atoms with van der Waals surface area (Å²) in [5, 5.41) is 9.57. The molecule has 1 N–H and O–H groups in total. The Morgan fingerprint density at radius 2 is 1.75 bits per heavy atom. The first-order chi connectivity index (χ1) is 9.37. The molecule has 20 heavy (non-hydrogen) atoms. The Labute approximate surface area is 120 Å². The Bertz CT molecular complexity index is 397. The minimum absolute atomic E-state index is 0.0789. The van der Waals surface area contributed by atoms with Crippen molar-refractivity contribution in [2.45, 2.75) is 58.0 Å². The summed E-state index contributed by atoms with van der Waals surface area (Å²) in [6.45, 7) is 7.88. The summed E-state index contributed by atoms with van der Waals surface area (Å²) in [7, 11) is 0. The number of carbonyl (C=O) groups is 2. The van der Waals surface area contributed by atoms with Gasteiger partial charge in [-0.3, -0.25) is 14.5 Å². The van der Waals surface area contributed by atoms with E-state index in [0.717, 1.165) is 38.8 Å². The van der Waals surface area contributed by atoms with Gasteiger partial charge in [0.15, 0.2) is 0 Å². The molecule has 2 rings (SSSR count). The van der Waals surface area contributed by atoms with Gasteiger partial charge in [0.05, 0.1) is 0 Å². The van der Waals surface area contributed by atoms with Gasteiger partial charge in [0.2, 0.25) is 5.91 Å². The van der Waals surface area contributed by atoms with Crippen LogP contribution in [0.5, 0.6) is 0 Å². The maximum absolute atomic E-state index is 11.7. The molecule has 0 saturated carbocycles. The SMILES string of the molecule is CC(=O)N1CCC[C@@]2(CCCN2[C@H](C(=O)O)C(C)C)C1. The monoisotopic (exact) mass is 282 g/mol. The molecule has 5 nitrogen and oxygen atoms in total. The standard InChI is InChI=1S/C15H26N2O3/c1-11(2)13(14(19)20)17-9-5-7-15(17)6-4-8-16(10-15)12(3)18/h11,13H,4-10H2,1-3H3,(H,19,20)/t13-,15+/m0/s1. The minimum Gasteiger partial charge on any atom is -0.480 e. The van der Waals surface area contributed by atoms with Gasteiger partial charge in [-0.2, -0.15) is 0 Å². The highest BCUT2D eigenvalue weighted by atomic mass is 16.4. The van der Waals surface area contributed by atoms with Crippen molar-refractivity contribution in [3.63, 3.8) is 0 Å². The highest BCUT2D eigenvalue weighted by Crippen LogP contribution is 2.39. The summed E-state index contributed by atoms with van der Waals surface area (Å²) < 4.78 is 0. The third kappa shape index (κ3) is 2.68. The molecule has 0 aliphatic carbocycles. The topological polar surface area (TPSA) is 60.9 Å². The predicted octanol–water partition coefficient (Wildman–Crippen LogP) is 1.57. The van der Waals surface area contributed by atoms with Gasteiger partial charge in [0.25, 0.3) is 0 Å². The van der Waals surface area contributed by atoms with Gasteiger partial charge in [-0.25, -0.2) is 0 Å². The number of aliphatic carboxylic acids is 1. The molecule has 2 aliphatic heterocycles. The molecule has 0 aromatic rings. The van der Waals surface area contributed by atoms with Crippen molar-refractivity contribution in [3.8, 4) is 0 Å². The summed E-state index contributed by atoms with van der Waals surface area (Å²) in [6, 6.07) is -0.440. The molecular weight excluding hydrogens is 256 g/mol. The van der Waals surface area contributed by atoms with E-state index in [-0.39, 0.29) is 17.4 Å². The van der Waals surface area contributed by atoms with Gasteiger partial charge >= 0.3 is 5.97 Å². The minimum atomic E-state index is -0.735. The van der Waals surface area contributed by atoms with Crippen LogP contribution >= 0.6 is 0 Å². The first-order valence-corrected chi connectivity index (χ1v) is 7.62. The Kier molecular flexibility index (Phi) is 4.37. The fraction of sp³-hybridized carbons (Fsp3) is 0.867. The van der Waals surface area contributed by atoms with Gasteiger partial charge in [-0.15, -0.1) is 0 Å². The molecule has 2 aliphatic rings. The number of piperidine rings is 1. The van der Waals surface area contributed by atoms with E-state index in [9.17, 15) is 14.7 Å². The molecule has 0 bridgehead atoms. The predicted molar refractivity (Wildman–Crippen MR) is 76.4 cm³/mol. The molecular formula is C15H26N2O3. The molecule has 5 heteroatoms. The average Bonchev–Trinajstić information content (AvgIpc) is 2.72. The van der Waals surface area contributed by atoms with E-state index >= 15 is 0 Å².